The van der Waals surface area contributed by atoms with Crippen molar-refractivity contribution in [3.8, 4) is 28.6 Å². The van der Waals surface area contributed by atoms with Gasteiger partial charge in [0.05, 0.1) is 12.7 Å². The van der Waals surface area contributed by atoms with E-state index in [-0.39, 0.29) is 13.4 Å². The minimum atomic E-state index is -0.475. The molecule has 3 aromatic rings. The molecule has 7 nitrogen and oxygen atoms in total. The van der Waals surface area contributed by atoms with Crippen molar-refractivity contribution in [2.75, 3.05) is 13.9 Å². The first-order chi connectivity index (χ1) is 12.7. The van der Waals surface area contributed by atoms with E-state index in [1.54, 1.807) is 31.4 Å². The predicted octanol–water partition coefficient (Wildman–Crippen LogP) is 3.44. The Bertz CT molecular complexity index is 931. The number of aromatic nitrogens is 1. The smallest absolute Gasteiger partial charge is 0.338 e. The third-order valence-corrected chi connectivity index (χ3v) is 3.89. The Labute approximate surface area is 149 Å². The quantitative estimate of drug-likeness (QED) is 0.650. The topological polar surface area (TPSA) is 80.0 Å². The summed E-state index contributed by atoms with van der Waals surface area (Å²) in [4.78, 5) is 12.2. The molecule has 0 saturated heterocycles. The van der Waals surface area contributed by atoms with E-state index < -0.39 is 5.97 Å². The molecular weight excluding hydrogens is 338 g/mol. The van der Waals surface area contributed by atoms with Crippen LogP contribution in [0.4, 0.5) is 0 Å². The van der Waals surface area contributed by atoms with Crippen LogP contribution in [0.15, 0.2) is 53.1 Å². The summed E-state index contributed by atoms with van der Waals surface area (Å²) in [6, 6.07) is 14.0. The molecule has 1 aliphatic heterocycles. The van der Waals surface area contributed by atoms with Crippen LogP contribution < -0.4 is 14.2 Å². The molecule has 0 aliphatic carbocycles. The first kappa shape index (κ1) is 16.0. The van der Waals surface area contributed by atoms with Gasteiger partial charge in [-0.05, 0) is 42.5 Å². The van der Waals surface area contributed by atoms with Gasteiger partial charge in [-0.3, -0.25) is 0 Å². The molecule has 0 amide bonds. The first-order valence-corrected chi connectivity index (χ1v) is 7.90. The van der Waals surface area contributed by atoms with E-state index in [2.05, 4.69) is 5.16 Å². The van der Waals surface area contributed by atoms with Crippen LogP contribution in [-0.2, 0) is 11.3 Å². The van der Waals surface area contributed by atoms with Crippen LogP contribution in [-0.4, -0.2) is 25.0 Å². The van der Waals surface area contributed by atoms with E-state index in [4.69, 9.17) is 23.5 Å². The molecule has 0 N–H and O–H groups in total. The molecule has 4 rings (SSSR count). The number of carbonyl (C=O) groups is 1. The van der Waals surface area contributed by atoms with Crippen molar-refractivity contribution in [1.29, 1.82) is 0 Å². The van der Waals surface area contributed by atoms with Crippen LogP contribution in [0.2, 0.25) is 0 Å². The maximum atomic E-state index is 12.2. The Balaban J connectivity index is 1.40. The summed E-state index contributed by atoms with van der Waals surface area (Å²) in [7, 11) is 1.61. The largest absolute Gasteiger partial charge is 0.497 e. The second kappa shape index (κ2) is 6.79. The second-order valence-corrected chi connectivity index (χ2v) is 5.56. The lowest BCUT2D eigenvalue weighted by molar-refractivity contribution is 0.0464. The molecule has 0 saturated carbocycles. The van der Waals surface area contributed by atoms with E-state index in [1.807, 2.05) is 24.3 Å². The molecule has 0 bridgehead atoms. The lowest BCUT2D eigenvalue weighted by Gasteiger charge is -2.03. The average Bonchev–Trinajstić information content (AvgIpc) is 3.35. The van der Waals surface area contributed by atoms with Crippen molar-refractivity contribution in [1.82, 2.24) is 5.16 Å². The zero-order valence-corrected chi connectivity index (χ0v) is 13.9. The molecule has 7 heteroatoms. The molecule has 0 fully saturated rings. The van der Waals surface area contributed by atoms with Gasteiger partial charge in [-0.15, -0.1) is 0 Å². The SMILES string of the molecule is COc1ccc(-c2cc(COC(=O)c3ccc4c(c3)OCO4)no2)cc1. The number of hydrogen-bond donors (Lipinski definition) is 0. The van der Waals surface area contributed by atoms with Crippen molar-refractivity contribution in [2.24, 2.45) is 0 Å². The predicted molar refractivity (Wildman–Crippen MR) is 90.2 cm³/mol. The fourth-order valence-corrected chi connectivity index (χ4v) is 2.52. The summed E-state index contributed by atoms with van der Waals surface area (Å²) >= 11 is 0. The van der Waals surface area contributed by atoms with Crippen molar-refractivity contribution < 1.29 is 28.3 Å². The van der Waals surface area contributed by atoms with Gasteiger partial charge in [0, 0.05) is 11.6 Å². The zero-order chi connectivity index (χ0) is 17.9. The number of nitrogens with zero attached hydrogens (tertiary/aromatic N) is 1. The molecule has 132 valence electrons. The number of carbonyl (C=O) groups excluding carboxylic acids is 1. The summed E-state index contributed by atoms with van der Waals surface area (Å²) in [5.74, 6) is 2.01. The summed E-state index contributed by atoms with van der Waals surface area (Å²) in [6.07, 6.45) is 0. The molecule has 0 unspecified atom stereocenters. The highest BCUT2D eigenvalue weighted by Crippen LogP contribution is 2.32. The fourth-order valence-electron chi connectivity index (χ4n) is 2.52. The molecular formula is C19H15NO6. The number of fused-ring (bicyclic) bond motifs is 1. The lowest BCUT2D eigenvalue weighted by Crippen LogP contribution is -2.05. The highest BCUT2D eigenvalue weighted by molar-refractivity contribution is 5.90. The van der Waals surface area contributed by atoms with Crippen LogP contribution in [0, 0.1) is 0 Å². The molecule has 0 atom stereocenters. The Hall–Kier alpha value is -3.48. The number of benzene rings is 2. The molecule has 1 aliphatic rings. The molecule has 26 heavy (non-hydrogen) atoms. The van der Waals surface area contributed by atoms with E-state index >= 15 is 0 Å². The van der Waals surface area contributed by atoms with Gasteiger partial charge in [-0.2, -0.15) is 0 Å². The van der Waals surface area contributed by atoms with Gasteiger partial charge in [-0.1, -0.05) is 5.16 Å². The fraction of sp³-hybridized carbons (Fsp3) is 0.158. The number of hydrogen-bond acceptors (Lipinski definition) is 7. The maximum absolute atomic E-state index is 12.2. The van der Waals surface area contributed by atoms with Crippen LogP contribution >= 0.6 is 0 Å². The van der Waals surface area contributed by atoms with E-state index in [0.29, 0.717) is 28.5 Å². The van der Waals surface area contributed by atoms with Gasteiger partial charge >= 0.3 is 5.97 Å². The normalized spacial score (nSPS) is 12.0. The average molecular weight is 353 g/mol. The number of rotatable bonds is 5. The van der Waals surface area contributed by atoms with Crippen molar-refractivity contribution >= 4 is 5.97 Å². The van der Waals surface area contributed by atoms with Crippen molar-refractivity contribution in [3.63, 3.8) is 0 Å². The van der Waals surface area contributed by atoms with Crippen molar-refractivity contribution in [3.05, 3.63) is 59.8 Å². The minimum Gasteiger partial charge on any atom is -0.497 e. The Kier molecular flexibility index (Phi) is 4.18. The van der Waals surface area contributed by atoms with Crippen LogP contribution in [0.25, 0.3) is 11.3 Å². The van der Waals surface area contributed by atoms with E-state index in [1.165, 1.54) is 0 Å². The van der Waals surface area contributed by atoms with Gasteiger partial charge in [0.25, 0.3) is 0 Å². The highest BCUT2D eigenvalue weighted by atomic mass is 16.7. The van der Waals surface area contributed by atoms with Gasteiger partial charge in [0.1, 0.15) is 18.1 Å². The number of ether oxygens (including phenoxy) is 4. The highest BCUT2D eigenvalue weighted by Gasteiger charge is 2.17. The Morgan fingerprint density at radius 3 is 2.69 bits per heavy atom. The molecule has 2 heterocycles. The lowest BCUT2D eigenvalue weighted by atomic mass is 10.1. The van der Waals surface area contributed by atoms with E-state index in [0.717, 1.165) is 11.3 Å². The van der Waals surface area contributed by atoms with Gasteiger partial charge in [0.15, 0.2) is 17.3 Å². The summed E-state index contributed by atoms with van der Waals surface area (Å²) < 4.78 is 26.2. The van der Waals surface area contributed by atoms with Crippen LogP contribution in [0.1, 0.15) is 16.1 Å². The summed E-state index contributed by atoms with van der Waals surface area (Å²) in [5.41, 5.74) is 1.75. The van der Waals surface area contributed by atoms with Gasteiger partial charge < -0.3 is 23.5 Å². The van der Waals surface area contributed by atoms with Crippen molar-refractivity contribution in [2.45, 2.75) is 6.61 Å². The molecule has 2 aromatic carbocycles. The summed E-state index contributed by atoms with van der Waals surface area (Å²) in [6.45, 7) is 0.161. The zero-order valence-electron chi connectivity index (χ0n) is 13.9. The molecule has 1 aromatic heterocycles. The molecule has 0 radical (unpaired) electrons. The standard InChI is InChI=1S/C19H15NO6/c1-22-15-5-2-12(3-6-15)17-9-14(20-26-17)10-23-19(21)13-4-7-16-18(8-13)25-11-24-16/h2-9H,10-11H2,1H3. The third-order valence-electron chi connectivity index (χ3n) is 3.89. The second-order valence-electron chi connectivity index (χ2n) is 5.56. The monoisotopic (exact) mass is 353 g/mol. The van der Waals surface area contributed by atoms with E-state index in [9.17, 15) is 4.79 Å². The number of methoxy groups -OCH3 is 1. The maximum Gasteiger partial charge on any atom is 0.338 e. The van der Waals surface area contributed by atoms with Gasteiger partial charge in [0.2, 0.25) is 6.79 Å². The Morgan fingerprint density at radius 1 is 1.08 bits per heavy atom. The number of esters is 1. The Morgan fingerprint density at radius 2 is 1.88 bits per heavy atom. The van der Waals surface area contributed by atoms with Crippen LogP contribution in [0.3, 0.4) is 0 Å². The van der Waals surface area contributed by atoms with Gasteiger partial charge in [-0.25, -0.2) is 4.79 Å². The summed E-state index contributed by atoms with van der Waals surface area (Å²) in [5, 5.41) is 3.93. The third kappa shape index (κ3) is 3.19. The van der Waals surface area contributed by atoms with Crippen LogP contribution in [0.5, 0.6) is 17.2 Å². The first-order valence-electron chi connectivity index (χ1n) is 7.90. The molecule has 0 spiro atoms. The minimum absolute atomic E-state index is 0.00687.